The van der Waals surface area contributed by atoms with Crippen molar-refractivity contribution in [3.63, 3.8) is 0 Å². The summed E-state index contributed by atoms with van der Waals surface area (Å²) in [6.07, 6.45) is 2.70. The molecule has 1 saturated carbocycles. The lowest BCUT2D eigenvalue weighted by Crippen LogP contribution is -2.53. The number of hydrogen-bond donors (Lipinski definition) is 1. The molecule has 6 nitrogen and oxygen atoms in total. The Bertz CT molecular complexity index is 607. The average molecular weight is 329 g/mol. The van der Waals surface area contributed by atoms with Crippen LogP contribution in [0.25, 0.3) is 0 Å². The molecule has 2 atom stereocenters. The second-order valence-electron chi connectivity index (χ2n) is 6.44. The van der Waals surface area contributed by atoms with Gasteiger partial charge >= 0.3 is 6.03 Å². The Morgan fingerprint density at radius 1 is 1.38 bits per heavy atom. The number of nitrogens with zero attached hydrogens (tertiary/aromatic N) is 2. The van der Waals surface area contributed by atoms with Crippen molar-refractivity contribution in [3.8, 4) is 11.8 Å². The SMILES string of the molecule is CC1CN(C(=O)NCCOc2ccc(C#N)cc2)CC(C2CC2)O1. The quantitative estimate of drug-likeness (QED) is 0.840. The number of rotatable bonds is 5. The van der Waals surface area contributed by atoms with Crippen LogP contribution in [-0.4, -0.2) is 49.4 Å². The lowest BCUT2D eigenvalue weighted by atomic mass is 10.1. The number of benzene rings is 1. The zero-order valence-electron chi connectivity index (χ0n) is 13.9. The van der Waals surface area contributed by atoms with E-state index in [9.17, 15) is 4.79 Å². The summed E-state index contributed by atoms with van der Waals surface area (Å²) in [7, 11) is 0. The normalized spacial score (nSPS) is 23.4. The van der Waals surface area contributed by atoms with Gasteiger partial charge in [0.25, 0.3) is 0 Å². The highest BCUT2D eigenvalue weighted by molar-refractivity contribution is 5.74. The van der Waals surface area contributed by atoms with Crippen LogP contribution in [0.1, 0.15) is 25.3 Å². The number of urea groups is 1. The van der Waals surface area contributed by atoms with Crippen LogP contribution in [0.4, 0.5) is 4.79 Å². The van der Waals surface area contributed by atoms with E-state index in [0.717, 1.165) is 0 Å². The highest BCUT2D eigenvalue weighted by Gasteiger charge is 2.38. The van der Waals surface area contributed by atoms with Crippen LogP contribution < -0.4 is 10.1 Å². The van der Waals surface area contributed by atoms with Gasteiger partial charge in [0, 0.05) is 13.1 Å². The second kappa shape index (κ2) is 7.54. The number of amides is 2. The fourth-order valence-electron chi connectivity index (χ4n) is 2.94. The molecule has 2 unspecified atom stereocenters. The summed E-state index contributed by atoms with van der Waals surface area (Å²) in [5.41, 5.74) is 0.599. The molecule has 1 aromatic rings. The van der Waals surface area contributed by atoms with Crippen LogP contribution in [0.3, 0.4) is 0 Å². The fraction of sp³-hybridized carbons (Fsp3) is 0.556. The number of morpholine rings is 1. The van der Waals surface area contributed by atoms with Gasteiger partial charge in [-0.25, -0.2) is 4.79 Å². The standard InChI is InChI=1S/C18H23N3O3/c1-13-11-21(12-17(24-13)15-4-5-15)18(22)20-8-9-23-16-6-2-14(10-19)3-7-16/h2-3,6-7,13,15,17H,4-5,8-9,11-12H2,1H3,(H,20,22). The fourth-order valence-corrected chi connectivity index (χ4v) is 2.94. The Kier molecular flexibility index (Phi) is 5.21. The van der Waals surface area contributed by atoms with Gasteiger partial charge in [0.1, 0.15) is 12.4 Å². The molecule has 128 valence electrons. The molecule has 0 aromatic heterocycles. The molecule has 1 N–H and O–H groups in total. The molecular weight excluding hydrogens is 306 g/mol. The average Bonchev–Trinajstić information content (AvgIpc) is 3.43. The zero-order chi connectivity index (χ0) is 16.9. The Balaban J connectivity index is 1.39. The summed E-state index contributed by atoms with van der Waals surface area (Å²) in [5, 5.41) is 11.7. The maximum absolute atomic E-state index is 12.3. The van der Waals surface area contributed by atoms with Gasteiger partial charge in [-0.2, -0.15) is 5.26 Å². The molecule has 2 aliphatic rings. The van der Waals surface area contributed by atoms with E-state index < -0.39 is 0 Å². The maximum Gasteiger partial charge on any atom is 0.317 e. The van der Waals surface area contributed by atoms with Crippen LogP contribution in [0, 0.1) is 17.2 Å². The smallest absolute Gasteiger partial charge is 0.317 e. The van der Waals surface area contributed by atoms with Crippen molar-refractivity contribution in [3.05, 3.63) is 29.8 Å². The van der Waals surface area contributed by atoms with Crippen molar-refractivity contribution < 1.29 is 14.3 Å². The van der Waals surface area contributed by atoms with E-state index >= 15 is 0 Å². The van der Waals surface area contributed by atoms with E-state index in [1.54, 1.807) is 24.3 Å². The lowest BCUT2D eigenvalue weighted by Gasteiger charge is -2.37. The first kappa shape index (κ1) is 16.6. The van der Waals surface area contributed by atoms with E-state index in [1.807, 2.05) is 11.8 Å². The summed E-state index contributed by atoms with van der Waals surface area (Å²) in [6, 6.07) is 8.93. The third-order valence-electron chi connectivity index (χ3n) is 4.35. The lowest BCUT2D eigenvalue weighted by molar-refractivity contribution is -0.0731. The summed E-state index contributed by atoms with van der Waals surface area (Å²) in [5.74, 6) is 1.32. The number of hydrogen-bond acceptors (Lipinski definition) is 4. The second-order valence-corrected chi connectivity index (χ2v) is 6.44. The Labute approximate surface area is 142 Å². The van der Waals surface area contributed by atoms with Crippen molar-refractivity contribution in [2.75, 3.05) is 26.2 Å². The highest BCUT2D eigenvalue weighted by atomic mass is 16.5. The van der Waals surface area contributed by atoms with Gasteiger partial charge in [-0.1, -0.05) is 0 Å². The summed E-state index contributed by atoms with van der Waals surface area (Å²) in [6.45, 7) is 4.16. The number of ether oxygens (including phenoxy) is 2. The largest absolute Gasteiger partial charge is 0.492 e. The molecule has 1 aliphatic carbocycles. The number of carbonyl (C=O) groups excluding carboxylic acids is 1. The first-order valence-corrected chi connectivity index (χ1v) is 8.47. The molecular formula is C18H23N3O3. The van der Waals surface area contributed by atoms with Gasteiger partial charge in [0.15, 0.2) is 0 Å². The van der Waals surface area contributed by atoms with E-state index in [2.05, 4.69) is 11.4 Å². The molecule has 1 saturated heterocycles. The first-order valence-electron chi connectivity index (χ1n) is 8.47. The molecule has 3 rings (SSSR count). The third-order valence-corrected chi connectivity index (χ3v) is 4.35. The van der Waals surface area contributed by atoms with Crippen LogP contribution in [0.2, 0.25) is 0 Å². The first-order chi connectivity index (χ1) is 11.7. The zero-order valence-corrected chi connectivity index (χ0v) is 13.9. The van der Waals surface area contributed by atoms with Crippen LogP contribution in [0.15, 0.2) is 24.3 Å². The van der Waals surface area contributed by atoms with Gasteiger partial charge < -0.3 is 19.7 Å². The molecule has 0 radical (unpaired) electrons. The molecule has 2 amide bonds. The van der Waals surface area contributed by atoms with E-state index in [-0.39, 0.29) is 18.2 Å². The van der Waals surface area contributed by atoms with Crippen molar-refractivity contribution in [2.24, 2.45) is 5.92 Å². The monoisotopic (exact) mass is 329 g/mol. The van der Waals surface area contributed by atoms with E-state index in [1.165, 1.54) is 12.8 Å². The predicted molar refractivity (Wildman–Crippen MR) is 88.7 cm³/mol. The van der Waals surface area contributed by atoms with Crippen LogP contribution >= 0.6 is 0 Å². The van der Waals surface area contributed by atoms with Crippen LogP contribution in [-0.2, 0) is 4.74 Å². The molecule has 6 heteroatoms. The van der Waals surface area contributed by atoms with Gasteiger partial charge in [0.05, 0.1) is 30.4 Å². The molecule has 1 aromatic carbocycles. The minimum absolute atomic E-state index is 0.0563. The van der Waals surface area contributed by atoms with Gasteiger partial charge in [0.2, 0.25) is 0 Å². The summed E-state index contributed by atoms with van der Waals surface area (Å²) >= 11 is 0. The van der Waals surface area contributed by atoms with Crippen molar-refractivity contribution in [2.45, 2.75) is 32.0 Å². The molecule has 1 aliphatic heterocycles. The maximum atomic E-state index is 12.3. The van der Waals surface area contributed by atoms with Crippen molar-refractivity contribution >= 4 is 6.03 Å². The minimum Gasteiger partial charge on any atom is -0.492 e. The highest BCUT2D eigenvalue weighted by Crippen LogP contribution is 2.36. The number of nitrogens with one attached hydrogen (secondary N) is 1. The van der Waals surface area contributed by atoms with Gasteiger partial charge in [-0.3, -0.25) is 0 Å². The Hall–Kier alpha value is -2.26. The third kappa shape index (κ3) is 4.39. The molecule has 2 fully saturated rings. The predicted octanol–water partition coefficient (Wildman–Crippen LogP) is 2.15. The van der Waals surface area contributed by atoms with Crippen molar-refractivity contribution in [1.82, 2.24) is 10.2 Å². The number of nitriles is 1. The molecule has 1 heterocycles. The van der Waals surface area contributed by atoms with Gasteiger partial charge in [-0.15, -0.1) is 0 Å². The van der Waals surface area contributed by atoms with Crippen LogP contribution in [0.5, 0.6) is 5.75 Å². The Morgan fingerprint density at radius 2 is 2.12 bits per heavy atom. The minimum atomic E-state index is -0.0563. The topological polar surface area (TPSA) is 74.6 Å². The Morgan fingerprint density at radius 3 is 2.79 bits per heavy atom. The molecule has 0 spiro atoms. The molecule has 24 heavy (non-hydrogen) atoms. The van der Waals surface area contributed by atoms with E-state index in [0.29, 0.717) is 43.5 Å². The van der Waals surface area contributed by atoms with E-state index in [4.69, 9.17) is 14.7 Å². The van der Waals surface area contributed by atoms with Gasteiger partial charge in [-0.05, 0) is 49.9 Å². The number of carbonyl (C=O) groups is 1. The van der Waals surface area contributed by atoms with Crippen molar-refractivity contribution in [1.29, 1.82) is 5.26 Å². The summed E-state index contributed by atoms with van der Waals surface area (Å²) < 4.78 is 11.5. The molecule has 0 bridgehead atoms. The summed E-state index contributed by atoms with van der Waals surface area (Å²) in [4.78, 5) is 14.1.